The highest BCUT2D eigenvalue weighted by molar-refractivity contribution is 5.53. The first-order valence-electron chi connectivity index (χ1n) is 4.02. The molecule has 0 atom stereocenters. The third-order valence-electron chi connectivity index (χ3n) is 1.52. The van der Waals surface area contributed by atoms with Gasteiger partial charge >= 0.3 is 0 Å². The molecular formula is C9H11F2NO. The average Bonchev–Trinajstić information content (AvgIpc) is 2.09. The van der Waals surface area contributed by atoms with Crippen LogP contribution in [-0.2, 0) is 0 Å². The van der Waals surface area contributed by atoms with Crippen molar-refractivity contribution in [2.75, 3.05) is 12.3 Å². The maximum atomic E-state index is 12.8. The minimum Gasteiger partial charge on any atom is -0.491 e. The Morgan fingerprint density at radius 3 is 2.69 bits per heavy atom. The summed E-state index contributed by atoms with van der Waals surface area (Å²) in [6, 6.07) is 1.81. The van der Waals surface area contributed by atoms with E-state index in [0.717, 1.165) is 18.6 Å². The monoisotopic (exact) mass is 187 g/mol. The molecule has 13 heavy (non-hydrogen) atoms. The molecule has 0 bridgehead atoms. The van der Waals surface area contributed by atoms with Crippen molar-refractivity contribution in [2.45, 2.75) is 13.3 Å². The SMILES string of the molecule is CCCOc1cc(F)cc(F)c1N. The van der Waals surface area contributed by atoms with Gasteiger partial charge in [0.25, 0.3) is 0 Å². The summed E-state index contributed by atoms with van der Waals surface area (Å²) in [6.07, 6.45) is 0.761. The van der Waals surface area contributed by atoms with E-state index in [1.54, 1.807) is 0 Å². The van der Waals surface area contributed by atoms with E-state index in [4.69, 9.17) is 10.5 Å². The number of ether oxygens (including phenoxy) is 1. The van der Waals surface area contributed by atoms with Gasteiger partial charge in [0.2, 0.25) is 0 Å². The summed E-state index contributed by atoms with van der Waals surface area (Å²) in [5.74, 6) is -1.40. The average molecular weight is 187 g/mol. The minimum absolute atomic E-state index is 0.0688. The van der Waals surface area contributed by atoms with Crippen LogP contribution in [0.2, 0.25) is 0 Å². The molecule has 0 radical (unpaired) electrons. The molecule has 72 valence electrons. The molecule has 2 N–H and O–H groups in total. The van der Waals surface area contributed by atoms with Crippen molar-refractivity contribution in [3.63, 3.8) is 0 Å². The minimum atomic E-state index is -0.786. The molecule has 4 heteroatoms. The molecule has 0 fully saturated rings. The number of benzene rings is 1. The van der Waals surface area contributed by atoms with Crippen LogP contribution in [0.1, 0.15) is 13.3 Å². The zero-order valence-corrected chi connectivity index (χ0v) is 7.31. The van der Waals surface area contributed by atoms with E-state index < -0.39 is 11.6 Å². The first-order chi connectivity index (χ1) is 6.15. The fourth-order valence-electron chi connectivity index (χ4n) is 0.893. The van der Waals surface area contributed by atoms with E-state index in [1.165, 1.54) is 0 Å². The number of hydrogen-bond acceptors (Lipinski definition) is 2. The van der Waals surface area contributed by atoms with Gasteiger partial charge in [-0.15, -0.1) is 0 Å². The first-order valence-corrected chi connectivity index (χ1v) is 4.02. The molecule has 2 nitrogen and oxygen atoms in total. The summed E-state index contributed by atoms with van der Waals surface area (Å²) in [6.45, 7) is 2.29. The predicted molar refractivity (Wildman–Crippen MR) is 46.6 cm³/mol. The Hall–Kier alpha value is -1.32. The molecule has 0 saturated heterocycles. The Balaban J connectivity index is 2.92. The molecule has 0 aromatic heterocycles. The summed E-state index contributed by atoms with van der Waals surface area (Å²) in [5, 5.41) is 0. The highest BCUT2D eigenvalue weighted by Crippen LogP contribution is 2.25. The number of anilines is 1. The van der Waals surface area contributed by atoms with Crippen molar-refractivity contribution in [3.05, 3.63) is 23.8 Å². The van der Waals surface area contributed by atoms with E-state index >= 15 is 0 Å². The van der Waals surface area contributed by atoms with Gasteiger partial charge in [0.1, 0.15) is 17.3 Å². The molecule has 1 aromatic rings. The number of nitrogens with two attached hydrogens (primary N) is 1. The quantitative estimate of drug-likeness (QED) is 0.737. The van der Waals surface area contributed by atoms with Crippen LogP contribution >= 0.6 is 0 Å². The Kier molecular flexibility index (Phi) is 3.06. The summed E-state index contributed by atoms with van der Waals surface area (Å²) < 4.78 is 30.5. The lowest BCUT2D eigenvalue weighted by molar-refractivity contribution is 0.316. The van der Waals surface area contributed by atoms with Gasteiger partial charge < -0.3 is 10.5 Å². The highest BCUT2D eigenvalue weighted by atomic mass is 19.1. The van der Waals surface area contributed by atoms with Crippen molar-refractivity contribution >= 4 is 5.69 Å². The molecular weight excluding hydrogens is 176 g/mol. The van der Waals surface area contributed by atoms with Crippen molar-refractivity contribution < 1.29 is 13.5 Å². The van der Waals surface area contributed by atoms with E-state index in [9.17, 15) is 8.78 Å². The maximum Gasteiger partial charge on any atom is 0.152 e. The Bertz CT molecular complexity index is 302. The third-order valence-corrected chi connectivity index (χ3v) is 1.52. The van der Waals surface area contributed by atoms with Crippen LogP contribution in [0, 0.1) is 11.6 Å². The van der Waals surface area contributed by atoms with Crippen molar-refractivity contribution in [2.24, 2.45) is 0 Å². The van der Waals surface area contributed by atoms with Crippen LogP contribution in [0.15, 0.2) is 12.1 Å². The number of halogens is 2. The highest BCUT2D eigenvalue weighted by Gasteiger charge is 2.08. The molecule has 0 heterocycles. The summed E-state index contributed by atoms with van der Waals surface area (Å²) in [5.41, 5.74) is 5.18. The summed E-state index contributed by atoms with van der Waals surface area (Å²) in [7, 11) is 0. The lowest BCUT2D eigenvalue weighted by Crippen LogP contribution is -2.01. The van der Waals surface area contributed by atoms with E-state index in [1.807, 2.05) is 6.92 Å². The molecule has 0 aliphatic carbocycles. The molecule has 0 spiro atoms. The first kappa shape index (κ1) is 9.77. The lowest BCUT2D eigenvalue weighted by atomic mass is 10.3. The van der Waals surface area contributed by atoms with Crippen LogP contribution in [0.4, 0.5) is 14.5 Å². The molecule has 0 aliphatic rings. The van der Waals surface area contributed by atoms with Gasteiger partial charge in [-0.2, -0.15) is 0 Å². The van der Waals surface area contributed by atoms with Crippen LogP contribution in [0.5, 0.6) is 5.75 Å². The molecule has 1 aromatic carbocycles. The summed E-state index contributed by atoms with van der Waals surface area (Å²) >= 11 is 0. The van der Waals surface area contributed by atoms with Crippen LogP contribution in [0.25, 0.3) is 0 Å². The number of hydrogen-bond donors (Lipinski definition) is 1. The van der Waals surface area contributed by atoms with Gasteiger partial charge in [-0.25, -0.2) is 8.78 Å². The fraction of sp³-hybridized carbons (Fsp3) is 0.333. The zero-order valence-electron chi connectivity index (χ0n) is 7.31. The Labute approximate surface area is 75.3 Å². The molecule has 0 unspecified atom stereocenters. The van der Waals surface area contributed by atoms with E-state index in [-0.39, 0.29) is 11.4 Å². The molecule has 0 amide bonds. The van der Waals surface area contributed by atoms with Gasteiger partial charge in [-0.1, -0.05) is 6.92 Å². The maximum absolute atomic E-state index is 12.8. The van der Waals surface area contributed by atoms with Crippen LogP contribution in [0.3, 0.4) is 0 Å². The van der Waals surface area contributed by atoms with E-state index in [0.29, 0.717) is 6.61 Å². The van der Waals surface area contributed by atoms with Gasteiger partial charge in [0, 0.05) is 12.1 Å². The van der Waals surface area contributed by atoms with Gasteiger partial charge in [0.05, 0.1) is 6.61 Å². The smallest absolute Gasteiger partial charge is 0.152 e. The molecule has 0 aliphatic heterocycles. The second-order valence-corrected chi connectivity index (χ2v) is 2.65. The Morgan fingerprint density at radius 2 is 2.08 bits per heavy atom. The van der Waals surface area contributed by atoms with Crippen LogP contribution < -0.4 is 10.5 Å². The number of rotatable bonds is 3. The molecule has 1 rings (SSSR count). The van der Waals surface area contributed by atoms with Gasteiger partial charge in [0.15, 0.2) is 5.82 Å². The topological polar surface area (TPSA) is 35.2 Å². The van der Waals surface area contributed by atoms with Gasteiger partial charge in [-0.05, 0) is 6.42 Å². The third kappa shape index (κ3) is 2.31. The predicted octanol–water partition coefficient (Wildman–Crippen LogP) is 2.34. The van der Waals surface area contributed by atoms with Gasteiger partial charge in [-0.3, -0.25) is 0 Å². The number of nitrogen functional groups attached to an aromatic ring is 1. The van der Waals surface area contributed by atoms with Crippen molar-refractivity contribution in [3.8, 4) is 5.75 Å². The zero-order chi connectivity index (χ0) is 9.84. The second kappa shape index (κ2) is 4.07. The fourth-order valence-corrected chi connectivity index (χ4v) is 0.893. The second-order valence-electron chi connectivity index (χ2n) is 2.65. The van der Waals surface area contributed by atoms with Crippen molar-refractivity contribution in [1.29, 1.82) is 0 Å². The lowest BCUT2D eigenvalue weighted by Gasteiger charge is -2.07. The van der Waals surface area contributed by atoms with Crippen molar-refractivity contribution in [1.82, 2.24) is 0 Å². The van der Waals surface area contributed by atoms with Crippen LogP contribution in [-0.4, -0.2) is 6.61 Å². The normalized spacial score (nSPS) is 10.1. The molecule has 0 saturated carbocycles. The van der Waals surface area contributed by atoms with E-state index in [2.05, 4.69) is 0 Å². The standard InChI is InChI=1S/C9H11F2NO/c1-2-3-13-8-5-6(10)4-7(11)9(8)12/h4-5H,2-3,12H2,1H3. The largest absolute Gasteiger partial charge is 0.491 e. The summed E-state index contributed by atoms with van der Waals surface area (Å²) in [4.78, 5) is 0. The Morgan fingerprint density at radius 1 is 1.38 bits per heavy atom.